The van der Waals surface area contributed by atoms with Crippen molar-refractivity contribution in [1.82, 2.24) is 0 Å². The van der Waals surface area contributed by atoms with Gasteiger partial charge in [0, 0.05) is 5.56 Å². The maximum Gasteiger partial charge on any atom is 0.372 e. The van der Waals surface area contributed by atoms with Gasteiger partial charge >= 0.3 is 5.97 Å². The zero-order valence-electron chi connectivity index (χ0n) is 11.6. The fraction of sp³-hybridized carbons (Fsp3) is 0.312. The molecular weight excluding hydrogens is 256 g/mol. The van der Waals surface area contributed by atoms with Crippen LogP contribution in [0.5, 0.6) is 5.75 Å². The first-order valence-corrected chi connectivity index (χ1v) is 6.62. The summed E-state index contributed by atoms with van der Waals surface area (Å²) in [5.41, 5.74) is 1.34. The molecule has 4 heteroatoms. The molecule has 0 spiro atoms. The summed E-state index contributed by atoms with van der Waals surface area (Å²) in [6.45, 7) is 4.94. The molecule has 1 heterocycles. The van der Waals surface area contributed by atoms with E-state index in [2.05, 4.69) is 13.8 Å². The van der Waals surface area contributed by atoms with Crippen molar-refractivity contribution in [1.29, 1.82) is 0 Å². The molecule has 0 radical (unpaired) electrons. The van der Waals surface area contributed by atoms with Gasteiger partial charge < -0.3 is 14.3 Å². The van der Waals surface area contributed by atoms with Crippen molar-refractivity contribution in [3.8, 4) is 16.9 Å². The highest BCUT2D eigenvalue weighted by Crippen LogP contribution is 2.28. The third-order valence-electron chi connectivity index (χ3n) is 2.97. The summed E-state index contributed by atoms with van der Waals surface area (Å²) in [6, 6.07) is 9.03. The normalized spacial score (nSPS) is 10.8. The monoisotopic (exact) mass is 274 g/mol. The van der Waals surface area contributed by atoms with Crippen molar-refractivity contribution in [2.24, 2.45) is 5.92 Å². The molecular formula is C16H18O4. The molecule has 0 bridgehead atoms. The van der Waals surface area contributed by atoms with E-state index in [1.807, 2.05) is 24.3 Å². The molecule has 4 nitrogen and oxygen atoms in total. The van der Waals surface area contributed by atoms with Crippen LogP contribution < -0.4 is 4.74 Å². The average Bonchev–Trinajstić information content (AvgIpc) is 2.88. The maximum absolute atomic E-state index is 11.1. The Bertz CT molecular complexity index is 584. The number of carboxylic acids is 1. The predicted molar refractivity (Wildman–Crippen MR) is 76.1 cm³/mol. The summed E-state index contributed by atoms with van der Waals surface area (Å²) in [5.74, 6) is 0.201. The molecule has 0 atom stereocenters. The lowest BCUT2D eigenvalue weighted by atomic mass is 10.1. The molecule has 0 saturated heterocycles. The van der Waals surface area contributed by atoms with Crippen molar-refractivity contribution in [3.05, 3.63) is 42.4 Å². The highest BCUT2D eigenvalue weighted by atomic mass is 16.5. The van der Waals surface area contributed by atoms with Crippen LogP contribution in [-0.4, -0.2) is 17.7 Å². The van der Waals surface area contributed by atoms with E-state index in [0.29, 0.717) is 18.1 Å². The molecule has 0 amide bonds. The van der Waals surface area contributed by atoms with Crippen molar-refractivity contribution in [3.63, 3.8) is 0 Å². The summed E-state index contributed by atoms with van der Waals surface area (Å²) in [7, 11) is 0. The SMILES string of the molecule is CC(C)CCOc1cccc(-c2ccoc2C(=O)O)c1. The fourth-order valence-electron chi connectivity index (χ4n) is 1.87. The van der Waals surface area contributed by atoms with Crippen LogP contribution in [0.25, 0.3) is 11.1 Å². The zero-order valence-corrected chi connectivity index (χ0v) is 11.6. The van der Waals surface area contributed by atoms with E-state index >= 15 is 0 Å². The first kappa shape index (κ1) is 14.2. The van der Waals surface area contributed by atoms with Crippen LogP contribution in [0.3, 0.4) is 0 Å². The van der Waals surface area contributed by atoms with E-state index in [9.17, 15) is 4.79 Å². The summed E-state index contributed by atoms with van der Waals surface area (Å²) in [5, 5.41) is 9.06. The second-order valence-electron chi connectivity index (χ2n) is 5.03. The highest BCUT2D eigenvalue weighted by Gasteiger charge is 2.15. The summed E-state index contributed by atoms with van der Waals surface area (Å²) < 4.78 is 10.7. The molecule has 0 saturated carbocycles. The Balaban J connectivity index is 2.17. The Labute approximate surface area is 118 Å². The van der Waals surface area contributed by atoms with Crippen LogP contribution in [0.4, 0.5) is 0 Å². The largest absolute Gasteiger partial charge is 0.494 e. The quantitative estimate of drug-likeness (QED) is 0.862. The minimum atomic E-state index is -1.07. The van der Waals surface area contributed by atoms with Gasteiger partial charge in [-0.15, -0.1) is 0 Å². The number of ether oxygens (including phenoxy) is 1. The molecule has 2 rings (SSSR count). The second-order valence-corrected chi connectivity index (χ2v) is 5.03. The van der Waals surface area contributed by atoms with Crippen molar-refractivity contribution in [2.45, 2.75) is 20.3 Å². The smallest absolute Gasteiger partial charge is 0.372 e. The summed E-state index contributed by atoms with van der Waals surface area (Å²) in [6.07, 6.45) is 2.36. The van der Waals surface area contributed by atoms with E-state index < -0.39 is 5.97 Å². The molecule has 106 valence electrons. The lowest BCUT2D eigenvalue weighted by Gasteiger charge is -2.09. The Hall–Kier alpha value is -2.23. The van der Waals surface area contributed by atoms with Gasteiger partial charge in [0.1, 0.15) is 5.75 Å². The molecule has 0 fully saturated rings. The number of hydrogen-bond donors (Lipinski definition) is 1. The number of aromatic carboxylic acids is 1. The molecule has 0 unspecified atom stereocenters. The highest BCUT2D eigenvalue weighted by molar-refractivity contribution is 5.93. The van der Waals surface area contributed by atoms with Crippen LogP contribution >= 0.6 is 0 Å². The minimum absolute atomic E-state index is 0.0515. The second kappa shape index (κ2) is 6.28. The molecule has 0 aliphatic heterocycles. The zero-order chi connectivity index (χ0) is 14.5. The number of rotatable bonds is 6. The standard InChI is InChI=1S/C16H18O4/c1-11(2)6-8-19-13-5-3-4-12(10-13)14-7-9-20-15(14)16(17)18/h3-5,7,9-11H,6,8H2,1-2H3,(H,17,18). The van der Waals surface area contributed by atoms with Crippen LogP contribution in [-0.2, 0) is 0 Å². The Morgan fingerprint density at radius 1 is 1.35 bits per heavy atom. The molecule has 2 aromatic rings. The number of carboxylic acid groups (broad SMARTS) is 1. The van der Waals surface area contributed by atoms with E-state index in [4.69, 9.17) is 14.3 Å². The van der Waals surface area contributed by atoms with Gasteiger partial charge in [0.25, 0.3) is 0 Å². The molecule has 0 aliphatic carbocycles. The number of hydrogen-bond acceptors (Lipinski definition) is 3. The molecule has 1 aromatic heterocycles. The van der Waals surface area contributed by atoms with Gasteiger partial charge in [0.15, 0.2) is 0 Å². The topological polar surface area (TPSA) is 59.7 Å². The van der Waals surface area contributed by atoms with E-state index in [0.717, 1.165) is 17.7 Å². The lowest BCUT2D eigenvalue weighted by molar-refractivity contribution is 0.0663. The van der Waals surface area contributed by atoms with Crippen LogP contribution in [0, 0.1) is 5.92 Å². The van der Waals surface area contributed by atoms with Crippen LogP contribution in [0.2, 0.25) is 0 Å². The number of benzene rings is 1. The van der Waals surface area contributed by atoms with Gasteiger partial charge in [-0.1, -0.05) is 26.0 Å². The predicted octanol–water partition coefficient (Wildman–Crippen LogP) is 4.07. The Morgan fingerprint density at radius 3 is 2.85 bits per heavy atom. The third kappa shape index (κ3) is 3.41. The Morgan fingerprint density at radius 2 is 2.15 bits per heavy atom. The summed E-state index contributed by atoms with van der Waals surface area (Å²) in [4.78, 5) is 11.1. The molecule has 0 aliphatic rings. The summed E-state index contributed by atoms with van der Waals surface area (Å²) >= 11 is 0. The van der Waals surface area contributed by atoms with Gasteiger partial charge in [0.2, 0.25) is 5.76 Å². The van der Waals surface area contributed by atoms with E-state index in [-0.39, 0.29) is 5.76 Å². The van der Waals surface area contributed by atoms with Gasteiger partial charge in [-0.2, -0.15) is 0 Å². The third-order valence-corrected chi connectivity index (χ3v) is 2.97. The van der Waals surface area contributed by atoms with Gasteiger partial charge in [0.05, 0.1) is 12.9 Å². The van der Waals surface area contributed by atoms with Crippen LogP contribution in [0.15, 0.2) is 41.0 Å². The number of carbonyl (C=O) groups is 1. The molecule has 20 heavy (non-hydrogen) atoms. The van der Waals surface area contributed by atoms with Crippen LogP contribution in [0.1, 0.15) is 30.8 Å². The molecule has 1 aromatic carbocycles. The van der Waals surface area contributed by atoms with Crippen molar-refractivity contribution < 1.29 is 19.1 Å². The van der Waals surface area contributed by atoms with Crippen molar-refractivity contribution >= 4 is 5.97 Å². The van der Waals surface area contributed by atoms with E-state index in [1.54, 1.807) is 6.07 Å². The average molecular weight is 274 g/mol. The Kier molecular flexibility index (Phi) is 4.45. The fourth-order valence-corrected chi connectivity index (χ4v) is 1.87. The maximum atomic E-state index is 11.1. The van der Waals surface area contributed by atoms with Gasteiger partial charge in [-0.05, 0) is 36.1 Å². The molecule has 1 N–H and O–H groups in total. The number of furan rings is 1. The van der Waals surface area contributed by atoms with Crippen molar-refractivity contribution in [2.75, 3.05) is 6.61 Å². The minimum Gasteiger partial charge on any atom is -0.494 e. The first-order valence-electron chi connectivity index (χ1n) is 6.62. The van der Waals surface area contributed by atoms with Gasteiger partial charge in [-0.25, -0.2) is 4.79 Å². The van der Waals surface area contributed by atoms with E-state index in [1.165, 1.54) is 6.26 Å². The first-order chi connectivity index (χ1) is 9.58. The van der Waals surface area contributed by atoms with Gasteiger partial charge in [-0.3, -0.25) is 0 Å². The lowest BCUT2D eigenvalue weighted by Crippen LogP contribution is -2.01.